The largest absolute Gasteiger partial charge is 0.467 e. The van der Waals surface area contributed by atoms with Gasteiger partial charge in [-0.1, -0.05) is 0 Å². The Bertz CT molecular complexity index is 774. The monoisotopic (exact) mass is 360 g/mol. The van der Waals surface area contributed by atoms with Crippen LogP contribution in [-0.2, 0) is 18.3 Å². The fourth-order valence-corrected chi connectivity index (χ4v) is 3.52. The summed E-state index contributed by atoms with van der Waals surface area (Å²) < 4.78 is 12.8. The Kier molecular flexibility index (Phi) is 5.48. The van der Waals surface area contributed by atoms with E-state index in [1.165, 1.54) is 0 Å². The number of carbonyl (C=O) groups excluding carboxylic acids is 1. The van der Waals surface area contributed by atoms with E-state index in [4.69, 9.17) is 9.15 Å². The quantitative estimate of drug-likeness (QED) is 0.819. The maximum atomic E-state index is 12.9. The lowest BCUT2D eigenvalue weighted by Crippen LogP contribution is -2.35. The van der Waals surface area contributed by atoms with Crippen molar-refractivity contribution in [2.24, 2.45) is 7.05 Å². The Labute approximate surface area is 154 Å². The molecule has 26 heavy (non-hydrogen) atoms. The zero-order chi connectivity index (χ0) is 18.8. The van der Waals surface area contributed by atoms with E-state index in [2.05, 4.69) is 10.00 Å². The normalized spacial score (nSPS) is 16.7. The van der Waals surface area contributed by atoms with Gasteiger partial charge in [0.2, 0.25) is 0 Å². The first kappa shape index (κ1) is 18.7. The lowest BCUT2D eigenvalue weighted by Gasteiger charge is -2.25. The van der Waals surface area contributed by atoms with Crippen LogP contribution in [-0.4, -0.2) is 58.8 Å². The van der Waals surface area contributed by atoms with Crippen LogP contribution in [0.3, 0.4) is 0 Å². The number of ether oxygens (including phenoxy) is 1. The predicted octanol–water partition coefficient (Wildman–Crippen LogP) is 2.30. The van der Waals surface area contributed by atoms with Crippen molar-refractivity contribution >= 4 is 5.91 Å². The van der Waals surface area contributed by atoms with Gasteiger partial charge in [0, 0.05) is 38.4 Å². The van der Waals surface area contributed by atoms with Crippen LogP contribution >= 0.6 is 0 Å². The van der Waals surface area contributed by atoms with Gasteiger partial charge in [-0.05, 0) is 26.8 Å². The first-order valence-electron chi connectivity index (χ1n) is 9.03. The first-order chi connectivity index (χ1) is 12.4. The second-order valence-electron chi connectivity index (χ2n) is 6.99. The van der Waals surface area contributed by atoms with E-state index in [-0.39, 0.29) is 11.9 Å². The summed E-state index contributed by atoms with van der Waals surface area (Å²) >= 11 is 0. The number of aryl methyl sites for hydroxylation is 2. The molecule has 1 aliphatic heterocycles. The van der Waals surface area contributed by atoms with Crippen molar-refractivity contribution in [3.63, 3.8) is 0 Å². The third-order valence-corrected chi connectivity index (χ3v) is 5.27. The zero-order valence-corrected chi connectivity index (χ0v) is 16.3. The van der Waals surface area contributed by atoms with Crippen molar-refractivity contribution in [3.8, 4) is 0 Å². The van der Waals surface area contributed by atoms with Crippen molar-refractivity contribution in [2.75, 3.05) is 33.4 Å². The maximum Gasteiger partial charge on any atom is 0.257 e. The lowest BCUT2D eigenvalue weighted by molar-refractivity contribution is 0.0313. The lowest BCUT2D eigenvalue weighted by atomic mass is 10.0. The van der Waals surface area contributed by atoms with E-state index < -0.39 is 0 Å². The van der Waals surface area contributed by atoms with E-state index in [0.717, 1.165) is 49.0 Å². The molecule has 7 heteroatoms. The average Bonchev–Trinajstić information content (AvgIpc) is 3.18. The van der Waals surface area contributed by atoms with Crippen LogP contribution in [0, 0.1) is 13.8 Å². The molecule has 142 valence electrons. The summed E-state index contributed by atoms with van der Waals surface area (Å²) in [6, 6.07) is 1.79. The Morgan fingerprint density at radius 1 is 1.35 bits per heavy atom. The number of aromatic nitrogens is 2. The van der Waals surface area contributed by atoms with Gasteiger partial charge in [-0.3, -0.25) is 14.4 Å². The van der Waals surface area contributed by atoms with Gasteiger partial charge in [0.05, 0.1) is 37.1 Å². The third-order valence-electron chi connectivity index (χ3n) is 5.27. The molecule has 1 atom stereocenters. The first-order valence-corrected chi connectivity index (χ1v) is 9.03. The van der Waals surface area contributed by atoms with Gasteiger partial charge in [0.1, 0.15) is 12.0 Å². The molecule has 1 saturated heterocycles. The van der Waals surface area contributed by atoms with Crippen molar-refractivity contribution < 1.29 is 13.9 Å². The summed E-state index contributed by atoms with van der Waals surface area (Å²) in [5.74, 6) is 0.766. The van der Waals surface area contributed by atoms with Gasteiger partial charge in [0.15, 0.2) is 0 Å². The molecule has 0 spiro atoms. The molecule has 1 fully saturated rings. The molecule has 2 aromatic heterocycles. The molecule has 1 aliphatic rings. The fraction of sp³-hybridized carbons (Fsp3) is 0.579. The highest BCUT2D eigenvalue weighted by Crippen LogP contribution is 2.27. The van der Waals surface area contributed by atoms with Crippen LogP contribution in [0.2, 0.25) is 0 Å². The minimum absolute atomic E-state index is 0.0443. The average molecular weight is 360 g/mol. The highest BCUT2D eigenvalue weighted by molar-refractivity contribution is 5.94. The van der Waals surface area contributed by atoms with Crippen molar-refractivity contribution in [1.29, 1.82) is 0 Å². The molecule has 1 amide bonds. The highest BCUT2D eigenvalue weighted by atomic mass is 16.5. The smallest absolute Gasteiger partial charge is 0.257 e. The Hall–Kier alpha value is -2.12. The van der Waals surface area contributed by atoms with Crippen molar-refractivity contribution in [2.45, 2.75) is 33.4 Å². The SMILES string of the molecule is Cc1nn(C)c(C)c1[C@H](C)N(C)C(=O)c1coc(CN2CCOCC2)c1. The van der Waals surface area contributed by atoms with Gasteiger partial charge in [-0.25, -0.2) is 0 Å². The topological polar surface area (TPSA) is 63.7 Å². The molecule has 0 aromatic carbocycles. The van der Waals surface area contributed by atoms with E-state index in [9.17, 15) is 4.79 Å². The molecule has 2 aromatic rings. The van der Waals surface area contributed by atoms with Gasteiger partial charge in [-0.2, -0.15) is 5.10 Å². The molecule has 0 N–H and O–H groups in total. The molecular formula is C19H28N4O3. The third kappa shape index (κ3) is 3.68. The van der Waals surface area contributed by atoms with Crippen LogP contribution in [0.15, 0.2) is 16.7 Å². The summed E-state index contributed by atoms with van der Waals surface area (Å²) in [4.78, 5) is 16.9. The minimum Gasteiger partial charge on any atom is -0.467 e. The number of carbonyl (C=O) groups is 1. The van der Waals surface area contributed by atoms with E-state index in [1.54, 1.807) is 11.2 Å². The van der Waals surface area contributed by atoms with Crippen molar-refractivity contribution in [3.05, 3.63) is 40.6 Å². The standard InChI is InChI=1S/C19H28N4O3/c1-13-18(15(3)22(5)20-13)14(2)21(4)19(24)16-10-17(26-12-16)11-23-6-8-25-9-7-23/h10,12,14H,6-9,11H2,1-5H3/t14-/m0/s1. The molecule has 7 nitrogen and oxygen atoms in total. The second-order valence-corrected chi connectivity index (χ2v) is 6.99. The summed E-state index contributed by atoms with van der Waals surface area (Å²) in [5, 5.41) is 4.46. The zero-order valence-electron chi connectivity index (χ0n) is 16.3. The molecule has 0 aliphatic carbocycles. The predicted molar refractivity (Wildman–Crippen MR) is 98.0 cm³/mol. The molecule has 0 bridgehead atoms. The summed E-state index contributed by atoms with van der Waals surface area (Å²) in [5.41, 5.74) is 3.72. The number of amides is 1. The molecule has 0 radical (unpaired) electrons. The number of hydrogen-bond donors (Lipinski definition) is 0. The highest BCUT2D eigenvalue weighted by Gasteiger charge is 2.25. The van der Waals surface area contributed by atoms with Crippen LogP contribution < -0.4 is 0 Å². The molecule has 0 saturated carbocycles. The summed E-state index contributed by atoms with van der Waals surface area (Å²) in [6.07, 6.45) is 1.56. The number of nitrogens with zero attached hydrogens (tertiary/aromatic N) is 4. The van der Waals surface area contributed by atoms with Gasteiger partial charge in [0.25, 0.3) is 5.91 Å². The van der Waals surface area contributed by atoms with Crippen LogP contribution in [0.25, 0.3) is 0 Å². The van der Waals surface area contributed by atoms with Crippen LogP contribution in [0.4, 0.5) is 0 Å². The Balaban J connectivity index is 1.70. The van der Waals surface area contributed by atoms with Gasteiger partial charge >= 0.3 is 0 Å². The number of morpholine rings is 1. The molecule has 0 unspecified atom stereocenters. The van der Waals surface area contributed by atoms with E-state index in [1.807, 2.05) is 45.6 Å². The van der Waals surface area contributed by atoms with E-state index in [0.29, 0.717) is 12.1 Å². The minimum atomic E-state index is -0.0613. The summed E-state index contributed by atoms with van der Waals surface area (Å²) in [6.45, 7) is 10.0. The Morgan fingerprint density at radius 2 is 2.04 bits per heavy atom. The molecular weight excluding hydrogens is 332 g/mol. The summed E-state index contributed by atoms with van der Waals surface area (Å²) in [7, 11) is 3.75. The van der Waals surface area contributed by atoms with Gasteiger partial charge < -0.3 is 14.1 Å². The second kappa shape index (κ2) is 7.63. The fourth-order valence-electron chi connectivity index (χ4n) is 3.52. The number of furan rings is 1. The van der Waals surface area contributed by atoms with Gasteiger partial charge in [-0.15, -0.1) is 0 Å². The van der Waals surface area contributed by atoms with E-state index >= 15 is 0 Å². The van der Waals surface area contributed by atoms with Crippen LogP contribution in [0.5, 0.6) is 0 Å². The number of hydrogen-bond acceptors (Lipinski definition) is 5. The maximum absolute atomic E-state index is 12.9. The van der Waals surface area contributed by atoms with Crippen molar-refractivity contribution in [1.82, 2.24) is 19.6 Å². The molecule has 3 rings (SSSR count). The molecule has 3 heterocycles. The Morgan fingerprint density at radius 3 is 2.65 bits per heavy atom. The number of rotatable bonds is 5. The van der Waals surface area contributed by atoms with Crippen LogP contribution in [0.1, 0.15) is 46.0 Å².